The van der Waals surface area contributed by atoms with Crippen molar-refractivity contribution in [2.75, 3.05) is 6.61 Å². The molecule has 2 aliphatic rings. The number of rotatable bonds is 0. The van der Waals surface area contributed by atoms with Crippen LogP contribution in [0, 0.1) is 33.3 Å². The second-order valence-electron chi connectivity index (χ2n) is 3.12. The molecule has 2 fully saturated rings. The van der Waals surface area contributed by atoms with Gasteiger partial charge in [-0.15, -0.1) is 0 Å². The summed E-state index contributed by atoms with van der Waals surface area (Å²) in [6, 6.07) is 0. The van der Waals surface area contributed by atoms with Gasteiger partial charge in [-0.05, 0) is 0 Å². The van der Waals surface area contributed by atoms with Crippen LogP contribution >= 0.6 is 0 Å². The molecular formula is C13H12O7W. The van der Waals surface area contributed by atoms with E-state index < -0.39 is 0 Å². The first kappa shape index (κ1) is 28.4. The van der Waals surface area contributed by atoms with E-state index in [-0.39, 0.29) is 0 Å². The molecule has 2 heterocycles. The fourth-order valence-corrected chi connectivity index (χ4v) is 2.57. The van der Waals surface area contributed by atoms with Crippen molar-refractivity contribution < 1.29 is 52.1 Å². The summed E-state index contributed by atoms with van der Waals surface area (Å²) < 4.78 is 50.1. The third kappa shape index (κ3) is 15.4. The first-order chi connectivity index (χ1) is 10.4. The van der Waals surface area contributed by atoms with Crippen molar-refractivity contribution in [3.8, 4) is 0 Å². The Balaban J connectivity index is -0.000000124. The van der Waals surface area contributed by atoms with E-state index in [4.69, 9.17) is 32.7 Å². The van der Waals surface area contributed by atoms with Crippen LogP contribution in [0.1, 0.15) is 25.7 Å². The standard InChI is InChI=1S/C8H12O2.5CO.W/c1-3-7-8(9-5-1)4-2-6-10-7;5*1-2;/h7-8H,1-5H2;;;;;;/t7-,8+;;;;;;/m1....../s1. The van der Waals surface area contributed by atoms with Gasteiger partial charge in [0.1, 0.15) is 0 Å². The Bertz CT molecular complexity index is 308. The zero-order chi connectivity index (χ0) is 17.7. The van der Waals surface area contributed by atoms with Crippen LogP contribution in [0.2, 0.25) is 0 Å². The molecule has 0 aromatic rings. The van der Waals surface area contributed by atoms with Gasteiger partial charge in [0.05, 0.1) is 0 Å². The number of fused-ring (bicyclic) bond motifs is 1. The van der Waals surface area contributed by atoms with Gasteiger partial charge >= 0.3 is 134 Å². The molecule has 21 heavy (non-hydrogen) atoms. The molecule has 0 aromatic carbocycles. The molecular weight excluding hydrogens is 452 g/mol. The molecule has 2 aliphatic heterocycles. The quantitative estimate of drug-likeness (QED) is 0.390. The topological polar surface area (TPSA) is 118 Å². The minimum atomic E-state index is 0.394. The van der Waals surface area contributed by atoms with Gasteiger partial charge < -0.3 is 0 Å². The van der Waals surface area contributed by atoms with Crippen molar-refractivity contribution >= 4 is 4.08 Å². The zero-order valence-electron chi connectivity index (χ0n) is 11.0. The second kappa shape index (κ2) is 27.5. The fraction of sp³-hybridized carbons (Fsp3) is 0.538. The molecule has 8 heteroatoms. The summed E-state index contributed by atoms with van der Waals surface area (Å²) in [5.41, 5.74) is 0. The van der Waals surface area contributed by atoms with E-state index in [1.807, 2.05) is 0 Å². The molecule has 0 amide bonds. The number of hydrogen-bond donors (Lipinski definition) is 0. The average Bonchev–Trinajstić information content (AvgIpc) is 2.63. The molecule has 0 aromatic heterocycles. The summed E-state index contributed by atoms with van der Waals surface area (Å²) in [4.78, 5) is 0. The molecule has 7 nitrogen and oxygen atoms in total. The molecule has 2 atom stereocenters. The maximum absolute atomic E-state index is 7.50. The Hall–Kier alpha value is -0.822. The van der Waals surface area contributed by atoms with Crippen molar-refractivity contribution in [2.24, 2.45) is 0 Å². The number of hydrogen-bond acceptors (Lipinski definition) is 2. The first-order valence-corrected chi connectivity index (χ1v) is 6.66. The molecule has 0 spiro atoms. The summed E-state index contributed by atoms with van der Waals surface area (Å²) in [5, 5.41) is 0. The van der Waals surface area contributed by atoms with Crippen molar-refractivity contribution in [2.45, 2.75) is 37.9 Å². The average molecular weight is 464 g/mol. The predicted molar refractivity (Wildman–Crippen MR) is 57.7 cm³/mol. The molecule has 0 unspecified atom stereocenters. The van der Waals surface area contributed by atoms with Crippen molar-refractivity contribution in [1.29, 1.82) is 0 Å². The summed E-state index contributed by atoms with van der Waals surface area (Å²) in [6.45, 7) is 23.4. The van der Waals surface area contributed by atoms with Gasteiger partial charge in [-0.3, -0.25) is 0 Å². The van der Waals surface area contributed by atoms with Crippen LogP contribution in [0.3, 0.4) is 0 Å². The maximum atomic E-state index is 7.50. The van der Waals surface area contributed by atoms with Crippen LogP contribution in [0.15, 0.2) is 0 Å². The summed E-state index contributed by atoms with van der Waals surface area (Å²) in [7, 11) is 0. The van der Waals surface area contributed by atoms with E-state index >= 15 is 0 Å². The minimum absolute atomic E-state index is 0.394. The third-order valence-corrected chi connectivity index (χ3v) is 3.37. The van der Waals surface area contributed by atoms with Crippen molar-refractivity contribution in [3.05, 3.63) is 33.3 Å². The molecule has 2 rings (SSSR count). The van der Waals surface area contributed by atoms with E-state index in [9.17, 15) is 0 Å². The Labute approximate surface area is 134 Å². The summed E-state index contributed by atoms with van der Waals surface area (Å²) in [5.74, 6) is 0. The van der Waals surface area contributed by atoms with Gasteiger partial charge in [-0.25, -0.2) is 0 Å². The van der Waals surface area contributed by atoms with Crippen LogP contribution in [-0.4, -0.2) is 22.9 Å². The van der Waals surface area contributed by atoms with E-state index in [1.165, 1.54) is 42.7 Å². The SMILES string of the molecule is [C-]#[O+].[C-]#[O+].[C-]#[O+].[C-]#[O+].[C-]#[O+].[W]=[C]1CC[C@@H]2OCCC[C@H]2O1. The van der Waals surface area contributed by atoms with Gasteiger partial charge in [-0.2, -0.15) is 0 Å². The van der Waals surface area contributed by atoms with Crippen molar-refractivity contribution in [1.82, 2.24) is 0 Å². The summed E-state index contributed by atoms with van der Waals surface area (Å²) in [6.07, 6.45) is 5.47. The molecule has 0 N–H and O–H groups in total. The monoisotopic (exact) mass is 464 g/mol. The van der Waals surface area contributed by atoms with Crippen LogP contribution in [0.4, 0.5) is 0 Å². The van der Waals surface area contributed by atoms with E-state index in [0.29, 0.717) is 12.2 Å². The Kier molecular flexibility index (Phi) is 37.1. The van der Waals surface area contributed by atoms with Crippen LogP contribution in [0.25, 0.3) is 0 Å². The molecule has 0 aliphatic carbocycles. The molecule has 0 saturated carbocycles. The van der Waals surface area contributed by atoms with E-state index in [2.05, 4.69) is 33.3 Å². The van der Waals surface area contributed by atoms with Crippen LogP contribution < -0.4 is 0 Å². The van der Waals surface area contributed by atoms with Gasteiger partial charge in [0.15, 0.2) is 0 Å². The Morgan fingerprint density at radius 2 is 1.29 bits per heavy atom. The fourth-order valence-electron chi connectivity index (χ4n) is 1.70. The summed E-state index contributed by atoms with van der Waals surface area (Å²) >= 11 is 1.49. The van der Waals surface area contributed by atoms with Gasteiger partial charge in [-0.1, -0.05) is 0 Å². The Morgan fingerprint density at radius 1 is 0.810 bits per heavy atom. The Morgan fingerprint density at radius 3 is 1.76 bits per heavy atom. The molecule has 2 saturated heterocycles. The number of ether oxygens (including phenoxy) is 2. The molecule has 0 bridgehead atoms. The van der Waals surface area contributed by atoms with Gasteiger partial charge in [0.2, 0.25) is 0 Å². The van der Waals surface area contributed by atoms with Crippen LogP contribution in [0.5, 0.6) is 0 Å². The molecule has 0 radical (unpaired) electrons. The van der Waals surface area contributed by atoms with Gasteiger partial charge in [0, 0.05) is 0 Å². The van der Waals surface area contributed by atoms with Gasteiger partial charge in [0.25, 0.3) is 0 Å². The van der Waals surface area contributed by atoms with E-state index in [0.717, 1.165) is 13.0 Å². The second-order valence-corrected chi connectivity index (χ2v) is 4.75. The third-order valence-electron chi connectivity index (χ3n) is 2.30. The zero-order valence-corrected chi connectivity index (χ0v) is 13.9. The van der Waals surface area contributed by atoms with Crippen LogP contribution in [-0.2, 0) is 52.1 Å². The normalized spacial score (nSPS) is 20.6. The predicted octanol–water partition coefficient (Wildman–Crippen LogP) is 0.834. The van der Waals surface area contributed by atoms with E-state index in [1.54, 1.807) is 0 Å². The van der Waals surface area contributed by atoms with Crippen molar-refractivity contribution in [3.63, 3.8) is 0 Å². The molecule has 112 valence electrons. The first-order valence-electron chi connectivity index (χ1n) is 5.19.